The lowest BCUT2D eigenvalue weighted by Gasteiger charge is -2.33. The first kappa shape index (κ1) is 19.3. The molecule has 2 saturated heterocycles. The van der Waals surface area contributed by atoms with Crippen molar-refractivity contribution in [2.75, 3.05) is 0 Å². The molecule has 1 amide bonds. The molecular formula is C20H31ClN2O. The summed E-state index contributed by atoms with van der Waals surface area (Å²) in [4.78, 5) is 12.6. The molecule has 0 saturated carbocycles. The number of halogens is 1. The molecule has 0 spiro atoms. The highest BCUT2D eigenvalue weighted by Gasteiger charge is 2.35. The third-order valence-electron chi connectivity index (χ3n) is 5.35. The molecule has 0 radical (unpaired) electrons. The van der Waals surface area contributed by atoms with Gasteiger partial charge in [-0.25, -0.2) is 0 Å². The number of amides is 1. The number of piperidine rings is 1. The molecule has 3 atom stereocenters. The summed E-state index contributed by atoms with van der Waals surface area (Å²) in [5.74, 6) is 0.755. The van der Waals surface area contributed by atoms with Gasteiger partial charge in [-0.3, -0.25) is 4.79 Å². The Hall–Kier alpha value is -1.06. The number of fused-ring (bicyclic) bond motifs is 2. The van der Waals surface area contributed by atoms with Crippen LogP contribution >= 0.6 is 12.4 Å². The zero-order valence-corrected chi connectivity index (χ0v) is 15.9. The van der Waals surface area contributed by atoms with E-state index in [4.69, 9.17) is 0 Å². The van der Waals surface area contributed by atoms with Crippen molar-refractivity contribution in [2.45, 2.75) is 71.0 Å². The standard InChI is InChI=1S/C20H30N2O.ClH/c1-20(2,3)19(15-7-5-4-6-8-15)22-18(23)13-14-11-16-9-10-17(12-14)21-16;/h4-8,14,16-17,19,21H,9-13H2,1-3H3,(H,22,23);1H. The third kappa shape index (κ3) is 4.73. The fourth-order valence-corrected chi connectivity index (χ4v) is 4.27. The van der Waals surface area contributed by atoms with E-state index in [9.17, 15) is 4.79 Å². The SMILES string of the molecule is CC(C)(C)C(NC(=O)CC1CC2CCC(C1)N2)c1ccccc1.Cl. The first-order valence-corrected chi connectivity index (χ1v) is 9.02. The van der Waals surface area contributed by atoms with E-state index in [2.05, 4.69) is 43.5 Å². The Morgan fingerprint density at radius 3 is 2.29 bits per heavy atom. The van der Waals surface area contributed by atoms with Gasteiger partial charge in [0.1, 0.15) is 0 Å². The van der Waals surface area contributed by atoms with E-state index in [-0.39, 0.29) is 29.8 Å². The minimum Gasteiger partial charge on any atom is -0.349 e. The minimum absolute atomic E-state index is 0. The predicted molar refractivity (Wildman–Crippen MR) is 101 cm³/mol. The monoisotopic (exact) mass is 350 g/mol. The summed E-state index contributed by atoms with van der Waals surface area (Å²) in [6.07, 6.45) is 5.58. The maximum absolute atomic E-state index is 12.6. The Morgan fingerprint density at radius 1 is 1.17 bits per heavy atom. The molecule has 24 heavy (non-hydrogen) atoms. The van der Waals surface area contributed by atoms with Crippen molar-refractivity contribution >= 4 is 18.3 Å². The average Bonchev–Trinajstić information content (AvgIpc) is 2.83. The van der Waals surface area contributed by atoms with Crippen molar-refractivity contribution in [1.29, 1.82) is 0 Å². The zero-order valence-electron chi connectivity index (χ0n) is 15.0. The van der Waals surface area contributed by atoms with E-state index < -0.39 is 0 Å². The number of carbonyl (C=O) groups excluding carboxylic acids is 1. The van der Waals surface area contributed by atoms with Crippen molar-refractivity contribution < 1.29 is 4.79 Å². The topological polar surface area (TPSA) is 41.1 Å². The van der Waals surface area contributed by atoms with Crippen LogP contribution in [-0.2, 0) is 4.79 Å². The summed E-state index contributed by atoms with van der Waals surface area (Å²) >= 11 is 0. The molecule has 3 nitrogen and oxygen atoms in total. The number of hydrogen-bond acceptors (Lipinski definition) is 2. The molecule has 4 heteroatoms. The molecule has 2 heterocycles. The first-order chi connectivity index (χ1) is 10.9. The highest BCUT2D eigenvalue weighted by Crippen LogP contribution is 2.35. The normalized spacial score (nSPS) is 27.2. The second kappa shape index (κ2) is 7.88. The van der Waals surface area contributed by atoms with E-state index in [1.165, 1.54) is 18.4 Å². The van der Waals surface area contributed by atoms with Crippen LogP contribution in [0, 0.1) is 11.3 Å². The van der Waals surface area contributed by atoms with E-state index >= 15 is 0 Å². The van der Waals surface area contributed by atoms with Gasteiger partial charge in [0.05, 0.1) is 6.04 Å². The number of hydrogen-bond donors (Lipinski definition) is 2. The Balaban J connectivity index is 0.00000208. The van der Waals surface area contributed by atoms with Crippen LogP contribution in [0.2, 0.25) is 0 Å². The molecule has 2 N–H and O–H groups in total. The molecule has 1 aromatic carbocycles. The molecule has 2 bridgehead atoms. The highest BCUT2D eigenvalue weighted by atomic mass is 35.5. The van der Waals surface area contributed by atoms with Gasteiger partial charge in [0, 0.05) is 18.5 Å². The molecule has 2 aliphatic rings. The fourth-order valence-electron chi connectivity index (χ4n) is 4.27. The van der Waals surface area contributed by atoms with Crippen LogP contribution < -0.4 is 10.6 Å². The van der Waals surface area contributed by atoms with Crippen LogP contribution in [0.5, 0.6) is 0 Å². The molecule has 0 aliphatic carbocycles. The van der Waals surface area contributed by atoms with Gasteiger partial charge in [-0.15, -0.1) is 12.4 Å². The van der Waals surface area contributed by atoms with Crippen LogP contribution in [0.15, 0.2) is 30.3 Å². The Morgan fingerprint density at radius 2 is 1.75 bits per heavy atom. The number of benzene rings is 1. The van der Waals surface area contributed by atoms with Gasteiger partial charge >= 0.3 is 0 Å². The molecular weight excluding hydrogens is 320 g/mol. The summed E-state index contributed by atoms with van der Waals surface area (Å²) in [7, 11) is 0. The molecule has 0 aromatic heterocycles. The lowest BCUT2D eigenvalue weighted by molar-refractivity contribution is -0.123. The van der Waals surface area contributed by atoms with Crippen molar-refractivity contribution in [2.24, 2.45) is 11.3 Å². The van der Waals surface area contributed by atoms with Crippen molar-refractivity contribution in [3.05, 3.63) is 35.9 Å². The second-order valence-electron chi connectivity index (χ2n) is 8.46. The summed E-state index contributed by atoms with van der Waals surface area (Å²) in [6.45, 7) is 6.57. The van der Waals surface area contributed by atoms with Crippen LogP contribution in [0.4, 0.5) is 0 Å². The lowest BCUT2D eigenvalue weighted by Crippen LogP contribution is -2.41. The van der Waals surface area contributed by atoms with Gasteiger partial charge in [0.25, 0.3) is 0 Å². The van der Waals surface area contributed by atoms with E-state index in [1.54, 1.807) is 0 Å². The summed E-state index contributed by atoms with van der Waals surface area (Å²) in [6, 6.07) is 11.7. The lowest BCUT2D eigenvalue weighted by atomic mass is 9.82. The van der Waals surface area contributed by atoms with Gasteiger partial charge in [-0.2, -0.15) is 0 Å². The molecule has 2 fully saturated rings. The van der Waals surface area contributed by atoms with Crippen molar-refractivity contribution in [3.63, 3.8) is 0 Å². The summed E-state index contributed by atoms with van der Waals surface area (Å²) in [5, 5.41) is 6.96. The smallest absolute Gasteiger partial charge is 0.220 e. The van der Waals surface area contributed by atoms with E-state index in [1.807, 2.05) is 18.2 Å². The van der Waals surface area contributed by atoms with Gasteiger partial charge < -0.3 is 10.6 Å². The van der Waals surface area contributed by atoms with Crippen molar-refractivity contribution in [1.82, 2.24) is 10.6 Å². The number of nitrogens with one attached hydrogen (secondary N) is 2. The highest BCUT2D eigenvalue weighted by molar-refractivity contribution is 5.85. The van der Waals surface area contributed by atoms with Crippen molar-refractivity contribution in [3.8, 4) is 0 Å². The molecule has 3 unspecified atom stereocenters. The largest absolute Gasteiger partial charge is 0.349 e. The van der Waals surface area contributed by atoms with Crippen LogP contribution in [0.1, 0.15) is 64.5 Å². The second-order valence-corrected chi connectivity index (χ2v) is 8.46. The average molecular weight is 351 g/mol. The Labute approximate surface area is 152 Å². The Bertz CT molecular complexity index is 528. The number of carbonyl (C=O) groups is 1. The fraction of sp³-hybridized carbons (Fsp3) is 0.650. The zero-order chi connectivity index (χ0) is 16.4. The maximum atomic E-state index is 12.6. The first-order valence-electron chi connectivity index (χ1n) is 9.02. The predicted octanol–water partition coefficient (Wildman–Crippen LogP) is 4.23. The van der Waals surface area contributed by atoms with Gasteiger partial charge in [0.2, 0.25) is 5.91 Å². The molecule has 1 aromatic rings. The molecule has 3 rings (SSSR count). The van der Waals surface area contributed by atoms with Crippen LogP contribution in [0.3, 0.4) is 0 Å². The third-order valence-corrected chi connectivity index (χ3v) is 5.35. The Kier molecular flexibility index (Phi) is 6.33. The maximum Gasteiger partial charge on any atom is 0.220 e. The van der Waals surface area contributed by atoms with Gasteiger partial charge in [-0.1, -0.05) is 51.1 Å². The quantitative estimate of drug-likeness (QED) is 0.853. The molecule has 134 valence electrons. The molecule has 2 aliphatic heterocycles. The summed E-state index contributed by atoms with van der Waals surface area (Å²) < 4.78 is 0. The van der Waals surface area contributed by atoms with Crippen LogP contribution in [0.25, 0.3) is 0 Å². The number of rotatable bonds is 4. The van der Waals surface area contributed by atoms with Crippen LogP contribution in [-0.4, -0.2) is 18.0 Å². The van der Waals surface area contributed by atoms with Gasteiger partial charge in [0.15, 0.2) is 0 Å². The minimum atomic E-state index is 0. The van der Waals surface area contributed by atoms with E-state index in [0.717, 1.165) is 12.8 Å². The van der Waals surface area contributed by atoms with E-state index in [0.29, 0.717) is 24.4 Å². The van der Waals surface area contributed by atoms with Gasteiger partial charge in [-0.05, 0) is 42.6 Å². The summed E-state index contributed by atoms with van der Waals surface area (Å²) in [5.41, 5.74) is 1.20.